The van der Waals surface area contributed by atoms with Gasteiger partial charge < -0.3 is 39.4 Å². The Morgan fingerprint density at radius 2 is 1.90 bits per heavy atom. The predicted molar refractivity (Wildman–Crippen MR) is 101 cm³/mol. The molecule has 9 heteroatoms. The van der Waals surface area contributed by atoms with Crippen molar-refractivity contribution in [2.24, 2.45) is 29.1 Å². The van der Waals surface area contributed by atoms with Gasteiger partial charge in [-0.25, -0.2) is 0 Å². The predicted octanol–water partition coefficient (Wildman–Crippen LogP) is -0.626. The molecular formula is C21H32O9. The Kier molecular flexibility index (Phi) is 5.97. The second-order valence-electron chi connectivity index (χ2n) is 9.62. The first-order valence-electron chi connectivity index (χ1n) is 10.8. The number of rotatable bonds is 4. The molecule has 12 atom stereocenters. The van der Waals surface area contributed by atoms with E-state index < -0.39 is 48.8 Å². The smallest absolute Gasteiger partial charge is 0.309 e. The van der Waals surface area contributed by atoms with E-state index in [4.69, 9.17) is 14.2 Å². The SMILES string of the molecule is C[C@H]1C(=O)O[C@H]2[C@H]1CC[C@]1(C)[C@@H]2[C@H](C=O)CC[C@H]1O[C@@H]1O[C@H](CO)[C@@H](O)[C@H](O)[C@H]1O. The van der Waals surface area contributed by atoms with Gasteiger partial charge in [0.25, 0.3) is 0 Å². The number of esters is 1. The van der Waals surface area contributed by atoms with E-state index in [2.05, 4.69) is 0 Å². The van der Waals surface area contributed by atoms with Crippen molar-refractivity contribution in [2.75, 3.05) is 6.61 Å². The zero-order chi connectivity index (χ0) is 21.8. The van der Waals surface area contributed by atoms with Crippen LogP contribution in [0.15, 0.2) is 0 Å². The number of fused-ring (bicyclic) bond motifs is 3. The summed E-state index contributed by atoms with van der Waals surface area (Å²) in [6, 6.07) is 0. The Bertz CT molecular complexity index is 669. The first kappa shape index (κ1) is 22.1. The molecule has 9 nitrogen and oxygen atoms in total. The van der Waals surface area contributed by atoms with Crippen LogP contribution in [0, 0.1) is 29.1 Å². The summed E-state index contributed by atoms with van der Waals surface area (Å²) in [5.41, 5.74) is -0.492. The second-order valence-corrected chi connectivity index (χ2v) is 9.62. The second kappa shape index (κ2) is 8.11. The van der Waals surface area contributed by atoms with Crippen molar-refractivity contribution in [1.82, 2.24) is 0 Å². The van der Waals surface area contributed by atoms with E-state index in [9.17, 15) is 30.0 Å². The Labute approximate surface area is 175 Å². The molecule has 170 valence electrons. The minimum Gasteiger partial charge on any atom is -0.461 e. The molecule has 0 amide bonds. The molecule has 2 aliphatic carbocycles. The third-order valence-corrected chi connectivity index (χ3v) is 8.10. The molecule has 4 aliphatic rings. The Morgan fingerprint density at radius 3 is 2.57 bits per heavy atom. The average Bonchev–Trinajstić information content (AvgIpc) is 3.02. The maximum atomic E-state index is 12.2. The topological polar surface area (TPSA) is 143 Å². The summed E-state index contributed by atoms with van der Waals surface area (Å²) in [7, 11) is 0. The van der Waals surface area contributed by atoms with Crippen LogP contribution in [0.4, 0.5) is 0 Å². The van der Waals surface area contributed by atoms with Crippen molar-refractivity contribution < 1.29 is 44.2 Å². The lowest BCUT2D eigenvalue weighted by Gasteiger charge is -2.56. The monoisotopic (exact) mass is 428 g/mol. The fraction of sp³-hybridized carbons (Fsp3) is 0.905. The molecule has 2 heterocycles. The van der Waals surface area contributed by atoms with Crippen LogP contribution in [0.5, 0.6) is 0 Å². The van der Waals surface area contributed by atoms with Crippen LogP contribution in [0.1, 0.15) is 39.5 Å². The highest BCUT2D eigenvalue weighted by atomic mass is 16.7. The van der Waals surface area contributed by atoms with Gasteiger partial charge in [-0.3, -0.25) is 4.79 Å². The number of aliphatic hydroxyl groups excluding tert-OH is 4. The van der Waals surface area contributed by atoms with Gasteiger partial charge in [-0.05, 0) is 25.7 Å². The number of carbonyl (C=O) groups is 2. The fourth-order valence-corrected chi connectivity index (χ4v) is 6.24. The van der Waals surface area contributed by atoms with E-state index in [0.29, 0.717) is 12.8 Å². The van der Waals surface area contributed by atoms with Gasteiger partial charge in [0, 0.05) is 23.2 Å². The molecule has 4 rings (SSSR count). The number of aldehydes is 1. The highest BCUT2D eigenvalue weighted by molar-refractivity contribution is 5.75. The van der Waals surface area contributed by atoms with Crippen LogP contribution in [-0.2, 0) is 23.8 Å². The van der Waals surface area contributed by atoms with Crippen LogP contribution in [-0.4, -0.2) is 82.2 Å². The van der Waals surface area contributed by atoms with E-state index in [0.717, 1.165) is 19.1 Å². The zero-order valence-electron chi connectivity index (χ0n) is 17.3. The number of ether oxygens (including phenoxy) is 3. The molecule has 2 aliphatic heterocycles. The van der Waals surface area contributed by atoms with E-state index in [-0.39, 0.29) is 35.7 Å². The normalized spacial score (nSPS) is 53.5. The largest absolute Gasteiger partial charge is 0.461 e. The van der Waals surface area contributed by atoms with Crippen molar-refractivity contribution >= 4 is 12.3 Å². The highest BCUT2D eigenvalue weighted by Crippen LogP contribution is 2.58. The van der Waals surface area contributed by atoms with Gasteiger partial charge in [0.2, 0.25) is 0 Å². The number of hydrogen-bond donors (Lipinski definition) is 4. The van der Waals surface area contributed by atoms with Gasteiger partial charge >= 0.3 is 5.97 Å². The highest BCUT2D eigenvalue weighted by Gasteiger charge is 2.61. The van der Waals surface area contributed by atoms with Crippen LogP contribution < -0.4 is 0 Å². The maximum absolute atomic E-state index is 12.2. The summed E-state index contributed by atoms with van der Waals surface area (Å²) >= 11 is 0. The molecule has 2 saturated carbocycles. The van der Waals surface area contributed by atoms with Gasteiger partial charge in [-0.15, -0.1) is 0 Å². The van der Waals surface area contributed by atoms with Gasteiger partial charge in [0.1, 0.15) is 36.8 Å². The first-order valence-corrected chi connectivity index (χ1v) is 10.8. The molecular weight excluding hydrogens is 396 g/mol. The van der Waals surface area contributed by atoms with E-state index in [1.54, 1.807) is 0 Å². The number of aliphatic hydroxyl groups is 4. The molecule has 0 spiro atoms. The lowest BCUT2D eigenvalue weighted by Crippen LogP contribution is -2.62. The Balaban J connectivity index is 1.58. The molecule has 0 unspecified atom stereocenters. The van der Waals surface area contributed by atoms with Crippen molar-refractivity contribution in [2.45, 2.75) is 82.4 Å². The summed E-state index contributed by atoms with van der Waals surface area (Å²) in [6.07, 6.45) is -3.91. The van der Waals surface area contributed by atoms with Crippen LogP contribution in [0.25, 0.3) is 0 Å². The number of hydrogen-bond acceptors (Lipinski definition) is 9. The molecule has 4 fully saturated rings. The van der Waals surface area contributed by atoms with Crippen molar-refractivity contribution in [3.05, 3.63) is 0 Å². The Hall–Kier alpha value is -1.10. The molecule has 2 saturated heterocycles. The first-order chi connectivity index (χ1) is 14.2. The van der Waals surface area contributed by atoms with E-state index in [1.165, 1.54) is 0 Å². The minimum atomic E-state index is -1.51. The minimum absolute atomic E-state index is 0.0732. The quantitative estimate of drug-likeness (QED) is 0.340. The summed E-state index contributed by atoms with van der Waals surface area (Å²) in [5, 5.41) is 39.9. The van der Waals surface area contributed by atoms with Crippen LogP contribution >= 0.6 is 0 Å². The van der Waals surface area contributed by atoms with E-state index in [1.807, 2.05) is 13.8 Å². The molecule has 0 aromatic carbocycles. The summed E-state index contributed by atoms with van der Waals surface area (Å²) in [4.78, 5) is 24.1. The lowest BCUT2D eigenvalue weighted by molar-refractivity contribution is -0.328. The van der Waals surface area contributed by atoms with Crippen LogP contribution in [0.2, 0.25) is 0 Å². The standard InChI is InChI=1S/C21H32O9/c1-9-11-5-6-21(2)13(4-3-10(7-22)14(21)18(11)30-19(9)27)29-20-17(26)16(25)15(24)12(8-23)28-20/h7,9-18,20,23-26H,3-6,8H2,1-2H3/t9-,10+,11+,12-,13-,14-,15-,16+,17-,18+,20+,21+/m1/s1. The summed E-state index contributed by atoms with van der Waals surface area (Å²) in [5.74, 6) is -0.805. The van der Waals surface area contributed by atoms with Crippen LogP contribution in [0.3, 0.4) is 0 Å². The van der Waals surface area contributed by atoms with Gasteiger partial charge in [0.05, 0.1) is 18.6 Å². The van der Waals surface area contributed by atoms with Crippen molar-refractivity contribution in [1.29, 1.82) is 0 Å². The van der Waals surface area contributed by atoms with Crippen molar-refractivity contribution in [3.8, 4) is 0 Å². The third-order valence-electron chi connectivity index (χ3n) is 8.10. The molecule has 0 aromatic heterocycles. The summed E-state index contributed by atoms with van der Waals surface area (Å²) < 4.78 is 17.4. The third kappa shape index (κ3) is 3.30. The summed E-state index contributed by atoms with van der Waals surface area (Å²) in [6.45, 7) is 3.37. The average molecular weight is 428 g/mol. The van der Waals surface area contributed by atoms with Gasteiger partial charge in [-0.2, -0.15) is 0 Å². The molecule has 0 aromatic rings. The molecule has 4 N–H and O–H groups in total. The maximum Gasteiger partial charge on any atom is 0.309 e. The number of carbonyl (C=O) groups excluding carboxylic acids is 2. The molecule has 0 radical (unpaired) electrons. The molecule has 30 heavy (non-hydrogen) atoms. The van der Waals surface area contributed by atoms with E-state index >= 15 is 0 Å². The Morgan fingerprint density at radius 1 is 1.17 bits per heavy atom. The zero-order valence-corrected chi connectivity index (χ0v) is 17.3. The fourth-order valence-electron chi connectivity index (χ4n) is 6.24. The molecule has 0 bridgehead atoms. The van der Waals surface area contributed by atoms with Gasteiger partial charge in [0.15, 0.2) is 6.29 Å². The van der Waals surface area contributed by atoms with Crippen molar-refractivity contribution in [3.63, 3.8) is 0 Å². The van der Waals surface area contributed by atoms with Gasteiger partial charge in [-0.1, -0.05) is 13.8 Å². The lowest BCUT2D eigenvalue weighted by atomic mass is 9.52.